The van der Waals surface area contributed by atoms with E-state index in [0.29, 0.717) is 5.82 Å². The quantitative estimate of drug-likeness (QED) is 0.760. The van der Waals surface area contributed by atoms with Crippen LogP contribution in [0, 0.1) is 0 Å². The van der Waals surface area contributed by atoms with Gasteiger partial charge in [-0.25, -0.2) is 4.98 Å². The highest BCUT2D eigenvalue weighted by Gasteiger charge is 1.95. The van der Waals surface area contributed by atoms with E-state index < -0.39 is 0 Å². The Kier molecular flexibility index (Phi) is 1.83. The molecule has 2 aromatic heterocycles. The van der Waals surface area contributed by atoms with Gasteiger partial charge in [0.2, 0.25) is 0 Å². The van der Waals surface area contributed by atoms with Gasteiger partial charge in [-0.3, -0.25) is 0 Å². The number of thiophene rings is 1. The molecule has 4 heteroatoms. The molecule has 2 N–H and O–H groups in total. The molecule has 0 aliphatic heterocycles. The van der Waals surface area contributed by atoms with Gasteiger partial charge in [-0.05, 0) is 22.4 Å². The minimum atomic E-state index is 0.574. The Hall–Kier alpha value is -1.29. The lowest BCUT2D eigenvalue weighted by Crippen LogP contribution is -1.94. The van der Waals surface area contributed by atoms with E-state index in [1.54, 1.807) is 17.7 Å². The molecule has 0 aliphatic rings. The summed E-state index contributed by atoms with van der Waals surface area (Å²) in [4.78, 5) is 3.94. The van der Waals surface area contributed by atoms with Crippen LogP contribution in [0.2, 0.25) is 0 Å². The first-order valence-electron chi connectivity index (χ1n) is 3.63. The standard InChI is InChI=1S/C8H9N3S/c9-8-4-11(6-10-8)3-7-1-2-12-5-7/h1-2,4-6H,3,9H2. The van der Waals surface area contributed by atoms with Gasteiger partial charge in [-0.15, -0.1) is 0 Å². The molecule has 0 fully saturated rings. The van der Waals surface area contributed by atoms with E-state index in [-0.39, 0.29) is 0 Å². The molecule has 0 saturated heterocycles. The van der Waals surface area contributed by atoms with Crippen LogP contribution >= 0.6 is 11.3 Å². The molecule has 0 spiro atoms. The highest BCUT2D eigenvalue weighted by molar-refractivity contribution is 7.07. The van der Waals surface area contributed by atoms with Crippen LogP contribution in [0.1, 0.15) is 5.56 Å². The van der Waals surface area contributed by atoms with E-state index in [1.807, 2.05) is 10.8 Å². The van der Waals surface area contributed by atoms with Crippen molar-refractivity contribution in [2.75, 3.05) is 5.73 Å². The molecule has 2 rings (SSSR count). The molecule has 0 atom stereocenters. The second-order valence-electron chi connectivity index (χ2n) is 2.60. The molecule has 3 nitrogen and oxygen atoms in total. The first kappa shape index (κ1) is 7.36. The molecule has 2 heterocycles. The Morgan fingerprint density at radius 2 is 2.50 bits per heavy atom. The number of hydrogen-bond donors (Lipinski definition) is 1. The van der Waals surface area contributed by atoms with Gasteiger partial charge < -0.3 is 10.3 Å². The summed E-state index contributed by atoms with van der Waals surface area (Å²) in [5, 5.41) is 4.19. The molecular weight excluding hydrogens is 170 g/mol. The fourth-order valence-corrected chi connectivity index (χ4v) is 1.72. The van der Waals surface area contributed by atoms with Crippen molar-refractivity contribution in [1.82, 2.24) is 9.55 Å². The molecule has 2 aromatic rings. The minimum Gasteiger partial charge on any atom is -0.382 e. The van der Waals surface area contributed by atoms with Crippen LogP contribution in [-0.2, 0) is 6.54 Å². The third-order valence-corrected chi connectivity index (χ3v) is 2.33. The maximum atomic E-state index is 5.48. The second-order valence-corrected chi connectivity index (χ2v) is 3.38. The SMILES string of the molecule is Nc1cn(Cc2ccsc2)cn1. The van der Waals surface area contributed by atoms with Gasteiger partial charge in [0.05, 0.1) is 6.33 Å². The summed E-state index contributed by atoms with van der Waals surface area (Å²) in [6.07, 6.45) is 3.57. The number of anilines is 1. The van der Waals surface area contributed by atoms with Gasteiger partial charge in [-0.1, -0.05) is 0 Å². The van der Waals surface area contributed by atoms with Gasteiger partial charge >= 0.3 is 0 Å². The van der Waals surface area contributed by atoms with E-state index in [9.17, 15) is 0 Å². The van der Waals surface area contributed by atoms with Crippen molar-refractivity contribution >= 4 is 17.2 Å². The Morgan fingerprint density at radius 3 is 3.08 bits per heavy atom. The Balaban J connectivity index is 2.14. The van der Waals surface area contributed by atoms with E-state index in [1.165, 1.54) is 5.56 Å². The van der Waals surface area contributed by atoms with E-state index in [0.717, 1.165) is 6.54 Å². The maximum absolute atomic E-state index is 5.48. The molecule has 0 aliphatic carbocycles. The molecule has 12 heavy (non-hydrogen) atoms. The lowest BCUT2D eigenvalue weighted by atomic mass is 10.3. The van der Waals surface area contributed by atoms with Crippen LogP contribution in [0.25, 0.3) is 0 Å². The Bertz CT molecular complexity index is 350. The monoisotopic (exact) mass is 179 g/mol. The fraction of sp³-hybridized carbons (Fsp3) is 0.125. The van der Waals surface area contributed by atoms with Crippen LogP contribution < -0.4 is 5.73 Å². The fourth-order valence-electron chi connectivity index (χ4n) is 1.06. The summed E-state index contributed by atoms with van der Waals surface area (Å²) in [6.45, 7) is 0.855. The molecule has 0 saturated carbocycles. The molecule has 0 amide bonds. The minimum absolute atomic E-state index is 0.574. The summed E-state index contributed by atoms with van der Waals surface area (Å²) >= 11 is 1.70. The van der Waals surface area contributed by atoms with Gasteiger partial charge in [0.15, 0.2) is 0 Å². The Morgan fingerprint density at radius 1 is 1.58 bits per heavy atom. The van der Waals surface area contributed by atoms with Crippen molar-refractivity contribution < 1.29 is 0 Å². The smallest absolute Gasteiger partial charge is 0.141 e. The third kappa shape index (κ3) is 1.48. The summed E-state index contributed by atoms with van der Waals surface area (Å²) in [7, 11) is 0. The van der Waals surface area contributed by atoms with Crippen molar-refractivity contribution in [3.8, 4) is 0 Å². The van der Waals surface area contributed by atoms with E-state index in [2.05, 4.69) is 21.8 Å². The van der Waals surface area contributed by atoms with E-state index >= 15 is 0 Å². The van der Waals surface area contributed by atoms with Crippen molar-refractivity contribution in [2.24, 2.45) is 0 Å². The highest BCUT2D eigenvalue weighted by Crippen LogP contribution is 2.08. The number of aromatic nitrogens is 2. The van der Waals surface area contributed by atoms with Gasteiger partial charge in [0, 0.05) is 12.7 Å². The normalized spacial score (nSPS) is 10.3. The highest BCUT2D eigenvalue weighted by atomic mass is 32.1. The van der Waals surface area contributed by atoms with E-state index in [4.69, 9.17) is 5.73 Å². The summed E-state index contributed by atoms with van der Waals surface area (Å²) in [6, 6.07) is 2.10. The molecule has 0 unspecified atom stereocenters. The van der Waals surface area contributed by atoms with Gasteiger partial charge in [0.1, 0.15) is 5.82 Å². The summed E-state index contributed by atoms with van der Waals surface area (Å²) in [5.74, 6) is 0.574. The van der Waals surface area contributed by atoms with Crippen molar-refractivity contribution in [3.05, 3.63) is 34.9 Å². The molecule has 0 bridgehead atoms. The van der Waals surface area contributed by atoms with Crippen LogP contribution in [0.15, 0.2) is 29.4 Å². The first-order chi connectivity index (χ1) is 5.84. The van der Waals surface area contributed by atoms with Gasteiger partial charge in [-0.2, -0.15) is 11.3 Å². The zero-order valence-corrected chi connectivity index (χ0v) is 7.29. The predicted octanol–water partition coefficient (Wildman–Crippen LogP) is 1.58. The summed E-state index contributed by atoms with van der Waals surface area (Å²) < 4.78 is 1.97. The van der Waals surface area contributed by atoms with Crippen molar-refractivity contribution in [1.29, 1.82) is 0 Å². The third-order valence-electron chi connectivity index (χ3n) is 1.60. The van der Waals surface area contributed by atoms with Crippen molar-refractivity contribution in [3.63, 3.8) is 0 Å². The molecule has 0 aromatic carbocycles. The second kappa shape index (κ2) is 2.98. The Labute approximate surface area is 74.5 Å². The largest absolute Gasteiger partial charge is 0.382 e. The predicted molar refractivity (Wildman–Crippen MR) is 50.1 cm³/mol. The zero-order chi connectivity index (χ0) is 8.39. The van der Waals surface area contributed by atoms with Crippen molar-refractivity contribution in [2.45, 2.75) is 6.54 Å². The van der Waals surface area contributed by atoms with Gasteiger partial charge in [0.25, 0.3) is 0 Å². The molecular formula is C8H9N3S. The average Bonchev–Trinajstić information content (AvgIpc) is 2.63. The number of imidazole rings is 1. The first-order valence-corrected chi connectivity index (χ1v) is 4.57. The van der Waals surface area contributed by atoms with Crippen LogP contribution in [0.3, 0.4) is 0 Å². The topological polar surface area (TPSA) is 43.8 Å². The lowest BCUT2D eigenvalue weighted by molar-refractivity contribution is 0.800. The number of hydrogen-bond acceptors (Lipinski definition) is 3. The van der Waals surface area contributed by atoms with Crippen LogP contribution in [0.4, 0.5) is 5.82 Å². The summed E-state index contributed by atoms with van der Waals surface area (Å²) in [5.41, 5.74) is 6.77. The zero-order valence-electron chi connectivity index (χ0n) is 6.47. The lowest BCUT2D eigenvalue weighted by Gasteiger charge is -1.96. The van der Waals surface area contributed by atoms with Crippen LogP contribution in [-0.4, -0.2) is 9.55 Å². The van der Waals surface area contributed by atoms with Crippen LogP contribution in [0.5, 0.6) is 0 Å². The number of nitrogen functional groups attached to an aromatic ring is 1. The average molecular weight is 179 g/mol. The number of rotatable bonds is 2. The molecule has 0 radical (unpaired) electrons. The molecule has 62 valence electrons. The number of nitrogens with two attached hydrogens (primary N) is 1. The number of nitrogens with zero attached hydrogens (tertiary/aromatic N) is 2. The maximum Gasteiger partial charge on any atom is 0.141 e.